The van der Waals surface area contributed by atoms with Gasteiger partial charge >= 0.3 is 6.18 Å². The molecule has 1 atom stereocenters. The molecule has 0 spiro atoms. The Kier molecular flexibility index (Phi) is 3.82. The third-order valence-corrected chi connectivity index (χ3v) is 4.88. The van der Waals surface area contributed by atoms with Crippen molar-refractivity contribution in [2.45, 2.75) is 37.9 Å². The van der Waals surface area contributed by atoms with Gasteiger partial charge in [0.2, 0.25) is 0 Å². The molecule has 1 unspecified atom stereocenters. The predicted octanol–water partition coefficient (Wildman–Crippen LogP) is 2.21. The van der Waals surface area contributed by atoms with Crippen LogP contribution >= 0.6 is 0 Å². The summed E-state index contributed by atoms with van der Waals surface area (Å²) in [6.07, 6.45) is 0.0616. The fourth-order valence-electron chi connectivity index (χ4n) is 3.69. The Morgan fingerprint density at radius 2 is 1.79 bits per heavy atom. The lowest BCUT2D eigenvalue weighted by Gasteiger charge is -2.38. The van der Waals surface area contributed by atoms with Crippen LogP contribution in [0.3, 0.4) is 0 Å². The van der Waals surface area contributed by atoms with Gasteiger partial charge in [0.05, 0.1) is 0 Å². The van der Waals surface area contributed by atoms with E-state index in [1.165, 1.54) is 12.8 Å². The fraction of sp³-hybridized carbons (Fsp3) is 0.667. The molecule has 130 valence electrons. The zero-order valence-corrected chi connectivity index (χ0v) is 13.2. The SMILES string of the molecule is FC(F)(F)c1nnc2ccc(N3CCCC(N4CCCC4)C3)nn12. The first kappa shape index (κ1) is 15.6. The Bertz CT molecular complexity index is 722. The number of piperidine rings is 1. The first-order chi connectivity index (χ1) is 11.5. The summed E-state index contributed by atoms with van der Waals surface area (Å²) in [5.74, 6) is -0.524. The maximum atomic E-state index is 13.0. The molecule has 2 aliphatic heterocycles. The highest BCUT2D eigenvalue weighted by Crippen LogP contribution is 2.29. The molecule has 9 heteroatoms. The number of nitrogens with zero attached hydrogens (tertiary/aromatic N) is 6. The molecule has 0 aromatic carbocycles. The molecule has 4 heterocycles. The van der Waals surface area contributed by atoms with Crippen molar-refractivity contribution < 1.29 is 13.2 Å². The lowest BCUT2D eigenvalue weighted by Crippen LogP contribution is -2.47. The molecule has 0 bridgehead atoms. The minimum absolute atomic E-state index is 0.110. The van der Waals surface area contributed by atoms with Crippen LogP contribution < -0.4 is 4.90 Å². The van der Waals surface area contributed by atoms with Gasteiger partial charge in [-0.1, -0.05) is 0 Å². The second kappa shape index (κ2) is 5.87. The number of rotatable bonds is 2. The van der Waals surface area contributed by atoms with Crippen LogP contribution in [0.4, 0.5) is 19.0 Å². The van der Waals surface area contributed by atoms with Crippen molar-refractivity contribution in [1.29, 1.82) is 0 Å². The highest BCUT2D eigenvalue weighted by Gasteiger charge is 2.38. The van der Waals surface area contributed by atoms with Gasteiger partial charge in [0.25, 0.3) is 5.82 Å². The normalized spacial score (nSPS) is 23.3. The maximum Gasteiger partial charge on any atom is 0.453 e. The van der Waals surface area contributed by atoms with Crippen LogP contribution in [0.5, 0.6) is 0 Å². The minimum Gasteiger partial charge on any atom is -0.354 e. The standard InChI is InChI=1S/C15H19F3N6/c16-15(17,18)14-20-19-12-5-6-13(21-24(12)14)23-9-3-4-11(10-23)22-7-1-2-8-22/h5-6,11H,1-4,7-10H2. The van der Waals surface area contributed by atoms with Crippen molar-refractivity contribution in [3.8, 4) is 0 Å². The van der Waals surface area contributed by atoms with Gasteiger partial charge in [-0.05, 0) is 50.9 Å². The maximum absolute atomic E-state index is 13.0. The number of hydrogen-bond donors (Lipinski definition) is 0. The summed E-state index contributed by atoms with van der Waals surface area (Å²) in [5.41, 5.74) is 0.110. The highest BCUT2D eigenvalue weighted by atomic mass is 19.4. The number of likely N-dealkylation sites (tertiary alicyclic amines) is 1. The average molecular weight is 340 g/mol. The number of aromatic nitrogens is 4. The molecule has 4 rings (SSSR count). The van der Waals surface area contributed by atoms with E-state index < -0.39 is 12.0 Å². The van der Waals surface area contributed by atoms with E-state index in [0.29, 0.717) is 11.9 Å². The van der Waals surface area contributed by atoms with Gasteiger partial charge < -0.3 is 4.90 Å². The average Bonchev–Trinajstić information content (AvgIpc) is 3.23. The third-order valence-electron chi connectivity index (χ3n) is 4.88. The molecule has 0 radical (unpaired) electrons. The Labute approximate surface area is 137 Å². The number of hydrogen-bond acceptors (Lipinski definition) is 5. The van der Waals surface area contributed by atoms with Crippen LogP contribution in [0.1, 0.15) is 31.5 Å². The van der Waals surface area contributed by atoms with E-state index in [2.05, 4.69) is 25.1 Å². The molecule has 2 aromatic rings. The summed E-state index contributed by atoms with van der Waals surface area (Å²) in [7, 11) is 0. The summed E-state index contributed by atoms with van der Waals surface area (Å²) in [6, 6.07) is 3.74. The largest absolute Gasteiger partial charge is 0.453 e. The summed E-state index contributed by atoms with van der Waals surface area (Å²) in [6.45, 7) is 3.86. The Hall–Kier alpha value is -1.90. The van der Waals surface area contributed by atoms with Crippen LogP contribution in [0, 0.1) is 0 Å². The number of alkyl halides is 3. The van der Waals surface area contributed by atoms with Crippen molar-refractivity contribution in [2.24, 2.45) is 0 Å². The monoisotopic (exact) mass is 340 g/mol. The first-order valence-electron chi connectivity index (χ1n) is 8.31. The van der Waals surface area contributed by atoms with E-state index in [9.17, 15) is 13.2 Å². The molecule has 0 saturated carbocycles. The number of halogens is 3. The molecular weight excluding hydrogens is 321 g/mol. The van der Waals surface area contributed by atoms with Crippen molar-refractivity contribution >= 4 is 11.5 Å². The lowest BCUT2D eigenvalue weighted by atomic mass is 10.0. The van der Waals surface area contributed by atoms with E-state index in [0.717, 1.165) is 43.5 Å². The summed E-state index contributed by atoms with van der Waals surface area (Å²) < 4.78 is 39.8. The van der Waals surface area contributed by atoms with Crippen LogP contribution in [-0.2, 0) is 6.18 Å². The van der Waals surface area contributed by atoms with Crippen LogP contribution in [0.25, 0.3) is 5.65 Å². The summed E-state index contributed by atoms with van der Waals surface area (Å²) in [5, 5.41) is 10.9. The second-order valence-electron chi connectivity index (χ2n) is 6.47. The smallest absolute Gasteiger partial charge is 0.354 e. The molecule has 2 saturated heterocycles. The van der Waals surface area contributed by atoms with Crippen molar-refractivity contribution in [3.05, 3.63) is 18.0 Å². The molecule has 6 nitrogen and oxygen atoms in total. The summed E-state index contributed by atoms with van der Waals surface area (Å²) in [4.78, 5) is 4.57. The van der Waals surface area contributed by atoms with Crippen molar-refractivity contribution in [3.63, 3.8) is 0 Å². The van der Waals surface area contributed by atoms with E-state index in [1.807, 2.05) is 0 Å². The van der Waals surface area contributed by atoms with E-state index in [-0.39, 0.29) is 5.65 Å². The zero-order chi connectivity index (χ0) is 16.7. The van der Waals surface area contributed by atoms with E-state index in [4.69, 9.17) is 0 Å². The quantitative estimate of drug-likeness (QED) is 0.839. The molecular formula is C15H19F3N6. The van der Waals surface area contributed by atoms with E-state index in [1.54, 1.807) is 12.1 Å². The van der Waals surface area contributed by atoms with Crippen molar-refractivity contribution in [2.75, 3.05) is 31.1 Å². The molecule has 0 aliphatic carbocycles. The Balaban J connectivity index is 1.61. The predicted molar refractivity (Wildman–Crippen MR) is 81.8 cm³/mol. The van der Waals surface area contributed by atoms with Crippen LogP contribution in [-0.4, -0.2) is 56.9 Å². The zero-order valence-electron chi connectivity index (χ0n) is 13.2. The topological polar surface area (TPSA) is 49.6 Å². The third kappa shape index (κ3) is 2.81. The molecule has 2 aromatic heterocycles. The molecule has 24 heavy (non-hydrogen) atoms. The fourth-order valence-corrected chi connectivity index (χ4v) is 3.69. The van der Waals surface area contributed by atoms with Gasteiger partial charge in [0.15, 0.2) is 5.65 Å². The van der Waals surface area contributed by atoms with E-state index >= 15 is 0 Å². The summed E-state index contributed by atoms with van der Waals surface area (Å²) >= 11 is 0. The Morgan fingerprint density at radius 3 is 2.54 bits per heavy atom. The van der Waals surface area contributed by atoms with Gasteiger partial charge in [0, 0.05) is 19.1 Å². The minimum atomic E-state index is -4.56. The van der Waals surface area contributed by atoms with Gasteiger partial charge in [-0.2, -0.15) is 17.7 Å². The Morgan fingerprint density at radius 1 is 1.00 bits per heavy atom. The molecule has 2 fully saturated rings. The first-order valence-corrected chi connectivity index (χ1v) is 8.31. The van der Waals surface area contributed by atoms with Crippen molar-refractivity contribution in [1.82, 2.24) is 24.7 Å². The van der Waals surface area contributed by atoms with Gasteiger partial charge in [-0.3, -0.25) is 4.90 Å². The van der Waals surface area contributed by atoms with Gasteiger partial charge in [0.1, 0.15) is 5.82 Å². The second-order valence-corrected chi connectivity index (χ2v) is 6.47. The molecule has 0 amide bonds. The highest BCUT2D eigenvalue weighted by molar-refractivity contribution is 5.46. The number of anilines is 1. The lowest BCUT2D eigenvalue weighted by molar-refractivity contribution is -0.146. The van der Waals surface area contributed by atoms with Crippen LogP contribution in [0.15, 0.2) is 12.1 Å². The molecule has 0 N–H and O–H groups in total. The van der Waals surface area contributed by atoms with Gasteiger partial charge in [-0.15, -0.1) is 15.3 Å². The molecule has 2 aliphatic rings. The van der Waals surface area contributed by atoms with Gasteiger partial charge in [-0.25, -0.2) is 0 Å². The van der Waals surface area contributed by atoms with Crippen LogP contribution in [0.2, 0.25) is 0 Å². The number of fused-ring (bicyclic) bond motifs is 1.